The Morgan fingerprint density at radius 3 is 2.52 bits per heavy atom. The van der Waals surface area contributed by atoms with Crippen molar-refractivity contribution in [3.8, 4) is 0 Å². The Kier molecular flexibility index (Phi) is 6.27. The van der Waals surface area contributed by atoms with Gasteiger partial charge in [-0.25, -0.2) is 0 Å². The first-order valence-corrected chi connectivity index (χ1v) is 8.76. The topological polar surface area (TPSA) is 15.3 Å². The van der Waals surface area contributed by atoms with Crippen LogP contribution in [0.25, 0.3) is 0 Å². The molecule has 2 nitrogen and oxygen atoms in total. The van der Waals surface area contributed by atoms with Gasteiger partial charge in [0.15, 0.2) is 0 Å². The van der Waals surface area contributed by atoms with Crippen molar-refractivity contribution in [2.45, 2.75) is 39.8 Å². The summed E-state index contributed by atoms with van der Waals surface area (Å²) in [6.07, 6.45) is 1.10. The monoisotopic (exact) mass is 302 g/mol. The second-order valence-corrected chi connectivity index (χ2v) is 6.26. The highest BCUT2D eigenvalue weighted by Crippen LogP contribution is 2.26. The van der Waals surface area contributed by atoms with Gasteiger partial charge in [-0.1, -0.05) is 39.0 Å². The Hall–Kier alpha value is -1.32. The lowest BCUT2D eigenvalue weighted by Gasteiger charge is -2.20. The Bertz CT molecular complexity index is 518. The number of nitrogens with one attached hydrogen (secondary N) is 1. The van der Waals surface area contributed by atoms with Gasteiger partial charge < -0.3 is 5.32 Å². The number of nitrogens with zero attached hydrogens (tertiary/aromatic N) is 1. The van der Waals surface area contributed by atoms with E-state index in [1.165, 1.54) is 16.1 Å². The predicted octanol–water partition coefficient (Wildman–Crippen LogP) is 5.15. The minimum atomic E-state index is 0.411. The van der Waals surface area contributed by atoms with Crippen LogP contribution in [0.1, 0.15) is 43.7 Å². The Morgan fingerprint density at radius 1 is 1.10 bits per heavy atom. The van der Waals surface area contributed by atoms with Gasteiger partial charge in [-0.15, -0.1) is 11.3 Å². The first-order valence-electron chi connectivity index (χ1n) is 7.88. The molecule has 0 amide bonds. The third kappa shape index (κ3) is 4.58. The summed E-state index contributed by atoms with van der Waals surface area (Å²) < 4.78 is 0. The molecule has 3 heteroatoms. The van der Waals surface area contributed by atoms with Crippen LogP contribution in [-0.4, -0.2) is 18.0 Å². The quantitative estimate of drug-likeness (QED) is 0.725. The van der Waals surface area contributed by atoms with E-state index in [0.29, 0.717) is 6.04 Å². The summed E-state index contributed by atoms with van der Waals surface area (Å²) in [6, 6.07) is 13.6. The normalized spacial score (nSPS) is 12.6. The highest BCUT2D eigenvalue weighted by atomic mass is 32.1. The van der Waals surface area contributed by atoms with Crippen molar-refractivity contribution in [3.63, 3.8) is 0 Å². The van der Waals surface area contributed by atoms with Gasteiger partial charge in [-0.3, -0.25) is 4.90 Å². The fourth-order valence-electron chi connectivity index (χ4n) is 2.53. The zero-order chi connectivity index (χ0) is 15.1. The minimum Gasteiger partial charge on any atom is -0.377 e. The van der Waals surface area contributed by atoms with E-state index in [0.717, 1.165) is 26.1 Å². The molecule has 2 rings (SSSR count). The Morgan fingerprint density at radius 2 is 1.90 bits per heavy atom. The first-order chi connectivity index (χ1) is 10.3. The van der Waals surface area contributed by atoms with Gasteiger partial charge in [-0.2, -0.15) is 0 Å². The predicted molar refractivity (Wildman–Crippen MR) is 94.0 cm³/mol. The van der Waals surface area contributed by atoms with Gasteiger partial charge in [0.2, 0.25) is 0 Å². The van der Waals surface area contributed by atoms with Crippen LogP contribution in [0, 0.1) is 0 Å². The third-order valence-electron chi connectivity index (χ3n) is 3.86. The zero-order valence-corrected chi connectivity index (χ0v) is 14.1. The van der Waals surface area contributed by atoms with Crippen molar-refractivity contribution < 1.29 is 0 Å². The maximum Gasteiger partial charge on any atom is 0.0603 e. The molecule has 0 aliphatic carbocycles. The zero-order valence-electron chi connectivity index (χ0n) is 13.3. The van der Waals surface area contributed by atoms with E-state index in [-0.39, 0.29) is 0 Å². The highest BCUT2D eigenvalue weighted by molar-refractivity contribution is 7.10. The molecule has 0 fully saturated rings. The molecule has 0 saturated carbocycles. The van der Waals surface area contributed by atoms with Crippen molar-refractivity contribution in [1.82, 2.24) is 4.90 Å². The van der Waals surface area contributed by atoms with E-state index in [4.69, 9.17) is 0 Å². The van der Waals surface area contributed by atoms with Crippen LogP contribution in [0.2, 0.25) is 0 Å². The number of thiophene rings is 1. The maximum atomic E-state index is 3.67. The molecule has 1 heterocycles. The summed E-state index contributed by atoms with van der Waals surface area (Å²) in [4.78, 5) is 3.85. The summed E-state index contributed by atoms with van der Waals surface area (Å²) in [7, 11) is 0. The van der Waals surface area contributed by atoms with Crippen molar-refractivity contribution in [3.05, 3.63) is 52.2 Å². The highest BCUT2D eigenvalue weighted by Gasteiger charge is 2.10. The van der Waals surface area contributed by atoms with E-state index in [9.17, 15) is 0 Å². The molecule has 1 atom stereocenters. The summed E-state index contributed by atoms with van der Waals surface area (Å²) >= 11 is 1.83. The van der Waals surface area contributed by atoms with Crippen LogP contribution in [0.15, 0.2) is 41.8 Å². The molecule has 0 bridgehead atoms. The van der Waals surface area contributed by atoms with Crippen molar-refractivity contribution in [1.29, 1.82) is 0 Å². The lowest BCUT2D eigenvalue weighted by atomic mass is 10.1. The van der Waals surface area contributed by atoms with E-state index in [1.54, 1.807) is 0 Å². The molecule has 1 unspecified atom stereocenters. The van der Waals surface area contributed by atoms with Crippen molar-refractivity contribution in [2.24, 2.45) is 0 Å². The second kappa shape index (κ2) is 8.20. The van der Waals surface area contributed by atoms with Crippen LogP contribution in [0.4, 0.5) is 5.69 Å². The van der Waals surface area contributed by atoms with Crippen molar-refractivity contribution in [2.75, 3.05) is 18.4 Å². The summed E-state index contributed by atoms with van der Waals surface area (Å²) in [6.45, 7) is 9.89. The van der Waals surface area contributed by atoms with Gasteiger partial charge >= 0.3 is 0 Å². The van der Waals surface area contributed by atoms with Gasteiger partial charge in [0.1, 0.15) is 0 Å². The second-order valence-electron chi connectivity index (χ2n) is 5.28. The number of hydrogen-bond acceptors (Lipinski definition) is 3. The number of hydrogen-bond donors (Lipinski definition) is 1. The molecular weight excluding hydrogens is 276 g/mol. The minimum absolute atomic E-state index is 0.411. The van der Waals surface area contributed by atoms with Gasteiger partial charge in [-0.05, 0) is 48.7 Å². The number of rotatable bonds is 8. The van der Waals surface area contributed by atoms with Crippen molar-refractivity contribution >= 4 is 17.0 Å². The molecule has 1 N–H and O–H groups in total. The summed E-state index contributed by atoms with van der Waals surface area (Å²) in [5.74, 6) is 0. The molecule has 1 aromatic carbocycles. The molecule has 114 valence electrons. The summed E-state index contributed by atoms with van der Waals surface area (Å²) in [5, 5.41) is 5.82. The van der Waals surface area contributed by atoms with E-state index in [2.05, 4.69) is 72.8 Å². The van der Waals surface area contributed by atoms with Crippen LogP contribution < -0.4 is 5.32 Å². The molecule has 0 radical (unpaired) electrons. The Labute approximate surface area is 132 Å². The van der Waals surface area contributed by atoms with E-state index >= 15 is 0 Å². The summed E-state index contributed by atoms with van der Waals surface area (Å²) in [5.41, 5.74) is 2.60. The van der Waals surface area contributed by atoms with Gasteiger partial charge in [0.05, 0.1) is 6.04 Å². The fourth-order valence-corrected chi connectivity index (χ4v) is 3.39. The SMILES string of the molecule is CCC(Nc1cccc(CN(CC)CC)c1)c1cccs1. The van der Waals surface area contributed by atoms with E-state index < -0.39 is 0 Å². The van der Waals surface area contributed by atoms with Crippen LogP contribution in [0.5, 0.6) is 0 Å². The Balaban J connectivity index is 2.06. The van der Waals surface area contributed by atoms with Crippen LogP contribution in [-0.2, 0) is 6.54 Å². The lowest BCUT2D eigenvalue weighted by Crippen LogP contribution is -2.22. The van der Waals surface area contributed by atoms with Gasteiger partial charge in [0.25, 0.3) is 0 Å². The molecule has 0 spiro atoms. The first kappa shape index (κ1) is 16.1. The fraction of sp³-hybridized carbons (Fsp3) is 0.444. The average molecular weight is 302 g/mol. The average Bonchev–Trinajstić information content (AvgIpc) is 3.05. The molecule has 0 aliphatic rings. The lowest BCUT2D eigenvalue weighted by molar-refractivity contribution is 0.296. The molecule has 0 saturated heterocycles. The molecular formula is C18H26N2S. The van der Waals surface area contributed by atoms with Crippen LogP contribution in [0.3, 0.4) is 0 Å². The standard InChI is InChI=1S/C18H26N2S/c1-4-17(18-11-8-12-21-18)19-16-10-7-9-15(13-16)14-20(5-2)6-3/h7-13,17,19H,4-6,14H2,1-3H3. The van der Waals surface area contributed by atoms with Crippen LogP contribution >= 0.6 is 11.3 Å². The van der Waals surface area contributed by atoms with Gasteiger partial charge in [0, 0.05) is 17.1 Å². The number of benzene rings is 1. The molecule has 21 heavy (non-hydrogen) atoms. The largest absolute Gasteiger partial charge is 0.377 e. The molecule has 2 aromatic rings. The van der Waals surface area contributed by atoms with E-state index in [1.807, 2.05) is 11.3 Å². The number of anilines is 1. The maximum absolute atomic E-state index is 3.67. The molecule has 0 aliphatic heterocycles. The smallest absolute Gasteiger partial charge is 0.0603 e. The third-order valence-corrected chi connectivity index (χ3v) is 4.85. The molecule has 1 aromatic heterocycles.